The molecule has 2 aromatic rings. The highest BCUT2D eigenvalue weighted by atomic mass is 32.1. The molecule has 1 amide bonds. The molecule has 0 aliphatic carbocycles. The van der Waals surface area contributed by atoms with Crippen LogP contribution >= 0.6 is 11.3 Å². The van der Waals surface area contributed by atoms with E-state index >= 15 is 0 Å². The number of aliphatic carboxylic acids is 1. The molecule has 124 valence electrons. The largest absolute Gasteiger partial charge is 0.480 e. The Balaban J connectivity index is 2.01. The molecule has 2 rings (SSSR count). The Morgan fingerprint density at radius 1 is 1.48 bits per heavy atom. The standard InChI is InChI=1S/C16H20N2O4S/c1-3-4-6-11(16(20)21)17-14(19)9-12-10(2)22-15(18-12)13-7-5-8-23-13/h5,7-8,11H,3-4,6,9H2,1-2H3,(H,17,19)(H,20,21). The molecule has 1 atom stereocenters. The number of carbonyl (C=O) groups excluding carboxylic acids is 1. The van der Waals surface area contributed by atoms with E-state index in [0.29, 0.717) is 23.8 Å². The van der Waals surface area contributed by atoms with Crippen molar-refractivity contribution in [1.82, 2.24) is 10.3 Å². The molecule has 0 spiro atoms. The molecule has 2 heterocycles. The number of hydrogen-bond donors (Lipinski definition) is 2. The minimum atomic E-state index is -1.01. The van der Waals surface area contributed by atoms with E-state index in [0.717, 1.165) is 17.7 Å². The van der Waals surface area contributed by atoms with Gasteiger partial charge in [-0.2, -0.15) is 0 Å². The van der Waals surface area contributed by atoms with Crippen LogP contribution in [0.25, 0.3) is 10.8 Å². The van der Waals surface area contributed by atoms with E-state index in [1.54, 1.807) is 6.92 Å². The Bertz CT molecular complexity index is 664. The van der Waals surface area contributed by atoms with Crippen molar-refractivity contribution in [2.45, 2.75) is 45.6 Å². The van der Waals surface area contributed by atoms with Gasteiger partial charge in [-0.3, -0.25) is 4.79 Å². The molecule has 23 heavy (non-hydrogen) atoms. The predicted molar refractivity (Wildman–Crippen MR) is 87.3 cm³/mol. The molecule has 0 fully saturated rings. The van der Waals surface area contributed by atoms with Crippen LogP contribution in [0.1, 0.15) is 37.6 Å². The summed E-state index contributed by atoms with van der Waals surface area (Å²) in [5.41, 5.74) is 0.533. The van der Waals surface area contributed by atoms with Crippen molar-refractivity contribution in [3.05, 3.63) is 29.0 Å². The number of hydrogen-bond acceptors (Lipinski definition) is 5. The van der Waals surface area contributed by atoms with Gasteiger partial charge in [0.1, 0.15) is 11.8 Å². The number of rotatable bonds is 8. The number of unbranched alkanes of at least 4 members (excludes halogenated alkanes) is 1. The molecule has 0 aromatic carbocycles. The first-order chi connectivity index (χ1) is 11.0. The van der Waals surface area contributed by atoms with Crippen LogP contribution in [0.4, 0.5) is 0 Å². The lowest BCUT2D eigenvalue weighted by Crippen LogP contribution is -2.41. The lowest BCUT2D eigenvalue weighted by molar-refractivity contribution is -0.142. The van der Waals surface area contributed by atoms with Crippen molar-refractivity contribution in [1.29, 1.82) is 0 Å². The molecule has 0 aliphatic rings. The highest BCUT2D eigenvalue weighted by Crippen LogP contribution is 2.26. The first kappa shape index (κ1) is 17.2. The van der Waals surface area contributed by atoms with Gasteiger partial charge < -0.3 is 14.8 Å². The van der Waals surface area contributed by atoms with E-state index in [1.807, 2.05) is 24.4 Å². The summed E-state index contributed by atoms with van der Waals surface area (Å²) in [5.74, 6) is -0.310. The summed E-state index contributed by atoms with van der Waals surface area (Å²) < 4.78 is 5.58. The molecular formula is C16H20N2O4S. The zero-order chi connectivity index (χ0) is 16.8. The molecular weight excluding hydrogens is 316 g/mol. The molecule has 0 bridgehead atoms. The molecule has 2 N–H and O–H groups in total. The summed E-state index contributed by atoms with van der Waals surface area (Å²) in [6.07, 6.45) is 2.07. The first-order valence-corrected chi connectivity index (χ1v) is 8.41. The van der Waals surface area contributed by atoms with E-state index in [4.69, 9.17) is 9.52 Å². The molecule has 6 nitrogen and oxygen atoms in total. The number of carboxylic acids is 1. The monoisotopic (exact) mass is 336 g/mol. The van der Waals surface area contributed by atoms with Gasteiger partial charge >= 0.3 is 5.97 Å². The second-order valence-corrected chi connectivity index (χ2v) is 6.22. The fourth-order valence-corrected chi connectivity index (χ4v) is 2.81. The summed E-state index contributed by atoms with van der Waals surface area (Å²) >= 11 is 1.51. The average molecular weight is 336 g/mol. The quantitative estimate of drug-likeness (QED) is 0.773. The molecule has 1 unspecified atom stereocenters. The highest BCUT2D eigenvalue weighted by molar-refractivity contribution is 7.13. The maximum Gasteiger partial charge on any atom is 0.326 e. The van der Waals surface area contributed by atoms with Crippen LogP contribution in [-0.2, 0) is 16.0 Å². The number of thiophene rings is 1. The Morgan fingerprint density at radius 3 is 2.87 bits per heavy atom. The van der Waals surface area contributed by atoms with Gasteiger partial charge in [0.05, 0.1) is 17.0 Å². The Labute approximate surface area is 138 Å². The van der Waals surface area contributed by atoms with Gasteiger partial charge in [0.15, 0.2) is 0 Å². The smallest absolute Gasteiger partial charge is 0.326 e. The number of carbonyl (C=O) groups is 2. The van der Waals surface area contributed by atoms with Crippen molar-refractivity contribution in [2.24, 2.45) is 0 Å². The van der Waals surface area contributed by atoms with E-state index in [2.05, 4.69) is 10.3 Å². The van der Waals surface area contributed by atoms with Crippen LogP contribution in [0.3, 0.4) is 0 Å². The number of aryl methyl sites for hydroxylation is 1. The number of aromatic nitrogens is 1. The lowest BCUT2D eigenvalue weighted by atomic mass is 10.1. The van der Waals surface area contributed by atoms with Gasteiger partial charge in [-0.1, -0.05) is 25.8 Å². The topological polar surface area (TPSA) is 92.4 Å². The van der Waals surface area contributed by atoms with Crippen LogP contribution in [0, 0.1) is 6.92 Å². The second kappa shape index (κ2) is 7.92. The number of nitrogens with one attached hydrogen (secondary N) is 1. The fourth-order valence-electron chi connectivity index (χ4n) is 2.16. The minimum Gasteiger partial charge on any atom is -0.480 e. The normalized spacial score (nSPS) is 12.1. The van der Waals surface area contributed by atoms with E-state index in [9.17, 15) is 9.59 Å². The Hall–Kier alpha value is -2.15. The zero-order valence-electron chi connectivity index (χ0n) is 13.2. The molecule has 7 heteroatoms. The van der Waals surface area contributed by atoms with Crippen LogP contribution < -0.4 is 5.32 Å². The summed E-state index contributed by atoms with van der Waals surface area (Å²) in [5, 5.41) is 13.6. The van der Waals surface area contributed by atoms with Crippen LogP contribution in [0.5, 0.6) is 0 Å². The maximum absolute atomic E-state index is 12.1. The third-order valence-electron chi connectivity index (χ3n) is 3.43. The van der Waals surface area contributed by atoms with Crippen LogP contribution in [0.2, 0.25) is 0 Å². The van der Waals surface area contributed by atoms with Crippen molar-refractivity contribution < 1.29 is 19.1 Å². The Morgan fingerprint density at radius 2 is 2.26 bits per heavy atom. The van der Waals surface area contributed by atoms with Crippen molar-refractivity contribution in [3.8, 4) is 10.8 Å². The van der Waals surface area contributed by atoms with Gasteiger partial charge in [-0.25, -0.2) is 9.78 Å². The number of carboxylic acid groups (broad SMARTS) is 1. The summed E-state index contributed by atoms with van der Waals surface area (Å²) in [7, 11) is 0. The molecule has 0 radical (unpaired) electrons. The van der Waals surface area contributed by atoms with Gasteiger partial charge in [0, 0.05) is 0 Å². The molecule has 0 aliphatic heterocycles. The van der Waals surface area contributed by atoms with E-state index < -0.39 is 12.0 Å². The van der Waals surface area contributed by atoms with Crippen LogP contribution in [-0.4, -0.2) is 28.0 Å². The molecule has 0 saturated heterocycles. The molecule has 0 saturated carbocycles. The zero-order valence-corrected chi connectivity index (χ0v) is 14.0. The third-order valence-corrected chi connectivity index (χ3v) is 4.29. The van der Waals surface area contributed by atoms with Crippen molar-refractivity contribution in [2.75, 3.05) is 0 Å². The third kappa shape index (κ3) is 4.66. The average Bonchev–Trinajstić information content (AvgIpc) is 3.13. The Kier molecular flexibility index (Phi) is 5.92. The lowest BCUT2D eigenvalue weighted by Gasteiger charge is -2.13. The predicted octanol–water partition coefficient (Wildman–Crippen LogP) is 3.01. The van der Waals surface area contributed by atoms with Gasteiger partial charge in [-0.15, -0.1) is 11.3 Å². The van der Waals surface area contributed by atoms with Crippen molar-refractivity contribution >= 4 is 23.2 Å². The SMILES string of the molecule is CCCCC(NC(=O)Cc1nc(-c2cccs2)oc1C)C(=O)O. The van der Waals surface area contributed by atoms with Crippen molar-refractivity contribution in [3.63, 3.8) is 0 Å². The summed E-state index contributed by atoms with van der Waals surface area (Å²) in [6, 6.07) is 2.94. The summed E-state index contributed by atoms with van der Waals surface area (Å²) in [6.45, 7) is 3.73. The summed E-state index contributed by atoms with van der Waals surface area (Å²) in [4.78, 5) is 28.5. The first-order valence-electron chi connectivity index (χ1n) is 7.53. The second-order valence-electron chi connectivity index (χ2n) is 5.28. The number of nitrogens with zero attached hydrogens (tertiary/aromatic N) is 1. The van der Waals surface area contributed by atoms with Gasteiger partial charge in [0.25, 0.3) is 0 Å². The van der Waals surface area contributed by atoms with Crippen LogP contribution in [0.15, 0.2) is 21.9 Å². The van der Waals surface area contributed by atoms with Gasteiger partial charge in [-0.05, 0) is 24.8 Å². The number of amides is 1. The van der Waals surface area contributed by atoms with Gasteiger partial charge in [0.2, 0.25) is 11.8 Å². The molecule has 2 aromatic heterocycles. The maximum atomic E-state index is 12.1. The fraction of sp³-hybridized carbons (Fsp3) is 0.438. The van der Waals surface area contributed by atoms with E-state index in [-0.39, 0.29) is 12.3 Å². The highest BCUT2D eigenvalue weighted by Gasteiger charge is 2.21. The number of oxazole rings is 1. The van der Waals surface area contributed by atoms with E-state index in [1.165, 1.54) is 11.3 Å². The minimum absolute atomic E-state index is 0.0105.